The number of nitrogens with one attached hydrogen (secondary N) is 1. The lowest BCUT2D eigenvalue weighted by Crippen LogP contribution is -2.30. The Kier molecular flexibility index (Phi) is 3.73. The maximum absolute atomic E-state index is 12.2. The van der Waals surface area contributed by atoms with E-state index in [1.165, 1.54) is 0 Å². The molecule has 0 saturated carbocycles. The maximum atomic E-state index is 12.2. The molecule has 1 aromatic carbocycles. The molecule has 2 aromatic rings. The monoisotopic (exact) mass is 283 g/mol. The molecule has 1 aliphatic heterocycles. The molecule has 5 nitrogen and oxygen atoms in total. The number of pyridine rings is 1. The Hall–Kier alpha value is -2.56. The Morgan fingerprint density at radius 3 is 2.81 bits per heavy atom. The molecular weight excluding hydrogens is 266 g/mol. The number of anilines is 1. The summed E-state index contributed by atoms with van der Waals surface area (Å²) in [5, 5.41) is 2.89. The highest BCUT2D eigenvalue weighted by molar-refractivity contribution is 5.89. The second-order valence-electron chi connectivity index (χ2n) is 4.85. The van der Waals surface area contributed by atoms with E-state index in [-0.39, 0.29) is 6.03 Å². The quantitative estimate of drug-likeness (QED) is 0.942. The van der Waals surface area contributed by atoms with E-state index in [4.69, 9.17) is 4.74 Å². The van der Waals surface area contributed by atoms with Crippen LogP contribution in [0.3, 0.4) is 0 Å². The average Bonchev–Trinajstić information content (AvgIpc) is 2.94. The van der Waals surface area contributed by atoms with E-state index in [0.717, 1.165) is 22.7 Å². The van der Waals surface area contributed by atoms with Gasteiger partial charge >= 0.3 is 6.03 Å². The molecule has 1 N–H and O–H groups in total. The minimum Gasteiger partial charge on any atom is -0.494 e. The van der Waals surface area contributed by atoms with Crippen LogP contribution in [0.25, 0.3) is 0 Å². The van der Waals surface area contributed by atoms with Gasteiger partial charge in [-0.15, -0.1) is 0 Å². The van der Waals surface area contributed by atoms with E-state index in [1.54, 1.807) is 11.1 Å². The summed E-state index contributed by atoms with van der Waals surface area (Å²) in [6, 6.07) is 11.2. The van der Waals surface area contributed by atoms with Gasteiger partial charge in [-0.3, -0.25) is 4.98 Å². The van der Waals surface area contributed by atoms with Gasteiger partial charge in [0.05, 0.1) is 18.8 Å². The second-order valence-corrected chi connectivity index (χ2v) is 4.85. The molecule has 3 rings (SSSR count). The minimum atomic E-state index is -0.114. The van der Waals surface area contributed by atoms with Crippen molar-refractivity contribution in [3.63, 3.8) is 0 Å². The number of hydrogen-bond donors (Lipinski definition) is 1. The third-order valence-corrected chi connectivity index (χ3v) is 3.39. The highest BCUT2D eigenvalue weighted by atomic mass is 16.5. The van der Waals surface area contributed by atoms with E-state index in [9.17, 15) is 4.79 Å². The number of carbonyl (C=O) groups is 1. The first-order valence-corrected chi connectivity index (χ1v) is 6.98. The van der Waals surface area contributed by atoms with Gasteiger partial charge in [-0.2, -0.15) is 0 Å². The van der Waals surface area contributed by atoms with Crippen LogP contribution in [0.2, 0.25) is 0 Å². The molecule has 5 heteroatoms. The topological polar surface area (TPSA) is 54.5 Å². The summed E-state index contributed by atoms with van der Waals surface area (Å²) in [7, 11) is 0. The minimum absolute atomic E-state index is 0.114. The van der Waals surface area contributed by atoms with Gasteiger partial charge < -0.3 is 15.0 Å². The van der Waals surface area contributed by atoms with E-state index in [1.807, 2.05) is 43.3 Å². The lowest BCUT2D eigenvalue weighted by atomic mass is 10.2. The van der Waals surface area contributed by atoms with Gasteiger partial charge in [-0.25, -0.2) is 4.79 Å². The zero-order chi connectivity index (χ0) is 14.7. The van der Waals surface area contributed by atoms with Gasteiger partial charge in [0, 0.05) is 18.4 Å². The highest BCUT2D eigenvalue weighted by Gasteiger charge is 2.23. The summed E-state index contributed by atoms with van der Waals surface area (Å²) in [5.41, 5.74) is 2.84. The third-order valence-electron chi connectivity index (χ3n) is 3.39. The predicted molar refractivity (Wildman–Crippen MR) is 80.1 cm³/mol. The summed E-state index contributed by atoms with van der Waals surface area (Å²) in [6.45, 7) is 3.73. The average molecular weight is 283 g/mol. The number of amides is 2. The molecule has 0 spiro atoms. The largest absolute Gasteiger partial charge is 0.494 e. The number of ether oxygens (including phenoxy) is 1. The number of hydrogen-bond acceptors (Lipinski definition) is 3. The molecule has 2 amide bonds. The van der Waals surface area contributed by atoms with Crippen molar-refractivity contribution in [1.82, 2.24) is 9.88 Å². The molecule has 21 heavy (non-hydrogen) atoms. The second kappa shape index (κ2) is 5.83. The standard InChI is InChI=1S/C16H17N3O2/c1-2-21-14-7-5-13(6-8-14)18-16(20)19-10-12-4-3-9-17-15(12)11-19/h3-9H,2,10-11H2,1H3,(H,18,20). The third kappa shape index (κ3) is 2.97. The van der Waals surface area contributed by atoms with Crippen LogP contribution in [0.15, 0.2) is 42.6 Å². The molecule has 0 radical (unpaired) electrons. The van der Waals surface area contributed by atoms with Crippen LogP contribution >= 0.6 is 0 Å². The summed E-state index contributed by atoms with van der Waals surface area (Å²) in [4.78, 5) is 18.3. The molecule has 0 atom stereocenters. The van der Waals surface area contributed by atoms with Gasteiger partial charge in [0.25, 0.3) is 0 Å². The zero-order valence-electron chi connectivity index (χ0n) is 11.9. The van der Waals surface area contributed by atoms with Gasteiger partial charge in [0.1, 0.15) is 5.75 Å². The molecule has 0 bridgehead atoms. The molecule has 2 heterocycles. The van der Waals surface area contributed by atoms with Gasteiger partial charge in [-0.1, -0.05) is 6.07 Å². The summed E-state index contributed by atoms with van der Waals surface area (Å²) < 4.78 is 5.38. The van der Waals surface area contributed by atoms with Crippen molar-refractivity contribution in [3.05, 3.63) is 53.9 Å². The van der Waals surface area contributed by atoms with Gasteiger partial charge in [-0.05, 0) is 42.8 Å². The van der Waals surface area contributed by atoms with Crippen LogP contribution in [0.1, 0.15) is 18.2 Å². The van der Waals surface area contributed by atoms with Crippen LogP contribution in [0.5, 0.6) is 5.75 Å². The zero-order valence-corrected chi connectivity index (χ0v) is 11.9. The van der Waals surface area contributed by atoms with Gasteiger partial charge in [0.15, 0.2) is 0 Å². The number of fused-ring (bicyclic) bond motifs is 1. The van der Waals surface area contributed by atoms with Crippen LogP contribution in [-0.2, 0) is 13.1 Å². The number of carbonyl (C=O) groups excluding carboxylic acids is 1. The first kappa shape index (κ1) is 13.4. The smallest absolute Gasteiger partial charge is 0.322 e. The van der Waals surface area contributed by atoms with E-state index in [0.29, 0.717) is 19.7 Å². The first-order valence-electron chi connectivity index (χ1n) is 6.98. The lowest BCUT2D eigenvalue weighted by molar-refractivity contribution is 0.212. The fraction of sp³-hybridized carbons (Fsp3) is 0.250. The van der Waals surface area contributed by atoms with Crippen LogP contribution in [-0.4, -0.2) is 22.5 Å². The number of urea groups is 1. The molecule has 1 aromatic heterocycles. The molecular formula is C16H17N3O2. The fourth-order valence-electron chi connectivity index (χ4n) is 2.35. The molecule has 0 aliphatic carbocycles. The number of aromatic nitrogens is 1. The Labute approximate surface area is 123 Å². The van der Waals surface area contributed by atoms with Crippen LogP contribution in [0, 0.1) is 0 Å². The Morgan fingerprint density at radius 2 is 2.10 bits per heavy atom. The molecule has 0 fully saturated rings. The molecule has 1 aliphatic rings. The lowest BCUT2D eigenvalue weighted by Gasteiger charge is -2.16. The van der Waals surface area contributed by atoms with E-state index < -0.39 is 0 Å². The van der Waals surface area contributed by atoms with Crippen molar-refractivity contribution in [1.29, 1.82) is 0 Å². The molecule has 0 saturated heterocycles. The van der Waals surface area contributed by atoms with E-state index in [2.05, 4.69) is 10.3 Å². The summed E-state index contributed by atoms with van der Waals surface area (Å²) >= 11 is 0. The Morgan fingerprint density at radius 1 is 1.29 bits per heavy atom. The van der Waals surface area contributed by atoms with Crippen LogP contribution in [0.4, 0.5) is 10.5 Å². The van der Waals surface area contributed by atoms with Gasteiger partial charge in [0.2, 0.25) is 0 Å². The van der Waals surface area contributed by atoms with Crippen molar-refractivity contribution >= 4 is 11.7 Å². The summed E-state index contributed by atoms with van der Waals surface area (Å²) in [5.74, 6) is 0.799. The normalized spacial score (nSPS) is 12.9. The summed E-state index contributed by atoms with van der Waals surface area (Å²) in [6.07, 6.45) is 1.76. The molecule has 0 unspecified atom stereocenters. The number of rotatable bonds is 3. The van der Waals surface area contributed by atoms with Crippen molar-refractivity contribution < 1.29 is 9.53 Å². The maximum Gasteiger partial charge on any atom is 0.322 e. The Balaban J connectivity index is 1.62. The van der Waals surface area contributed by atoms with Crippen molar-refractivity contribution in [3.8, 4) is 5.75 Å². The van der Waals surface area contributed by atoms with E-state index >= 15 is 0 Å². The number of nitrogens with zero attached hydrogens (tertiary/aromatic N) is 2. The predicted octanol–water partition coefficient (Wildman–Crippen LogP) is 3.03. The Bertz CT molecular complexity index is 615. The fourth-order valence-corrected chi connectivity index (χ4v) is 2.35. The SMILES string of the molecule is CCOc1ccc(NC(=O)N2Cc3cccnc3C2)cc1. The molecule has 108 valence electrons. The first-order chi connectivity index (χ1) is 10.3. The van der Waals surface area contributed by atoms with Crippen LogP contribution < -0.4 is 10.1 Å². The van der Waals surface area contributed by atoms with Crippen molar-refractivity contribution in [2.45, 2.75) is 20.0 Å². The highest BCUT2D eigenvalue weighted by Crippen LogP contribution is 2.22. The van der Waals surface area contributed by atoms with Crippen molar-refractivity contribution in [2.24, 2.45) is 0 Å². The van der Waals surface area contributed by atoms with Crippen molar-refractivity contribution in [2.75, 3.05) is 11.9 Å². The number of benzene rings is 1.